The molecule has 0 aromatic heterocycles. The van der Waals surface area contributed by atoms with E-state index in [9.17, 15) is 4.57 Å². The van der Waals surface area contributed by atoms with Crippen LogP contribution in [-0.4, -0.2) is 23.0 Å². The van der Waals surface area contributed by atoms with Crippen molar-refractivity contribution in [3.8, 4) is 5.81 Å². The molecule has 1 aliphatic rings. The molecule has 6 heteroatoms. The van der Waals surface area contributed by atoms with Gasteiger partial charge in [-0.25, -0.2) is 9.19 Å². The molecule has 0 aromatic carbocycles. The fourth-order valence-corrected chi connectivity index (χ4v) is 1.46. The summed E-state index contributed by atoms with van der Waals surface area (Å²) in [7, 11) is -3.99. The van der Waals surface area contributed by atoms with E-state index in [2.05, 4.69) is 4.62 Å². The maximum absolute atomic E-state index is 10.7. The summed E-state index contributed by atoms with van der Waals surface area (Å²) in [5, 5.41) is 9.50. The van der Waals surface area contributed by atoms with E-state index in [-0.39, 0.29) is 0 Å². The second-order valence-corrected chi connectivity index (χ2v) is 3.74. The molecule has 11 heavy (non-hydrogen) atoms. The summed E-state index contributed by atoms with van der Waals surface area (Å²) in [6.07, 6.45) is 1.90. The first-order valence-corrected chi connectivity index (χ1v) is 4.90. The number of hydrogen-bond donors (Lipinski definition) is 1. The molecule has 1 unspecified atom stereocenters. The van der Waals surface area contributed by atoms with E-state index in [1.807, 2.05) is 0 Å². The number of rotatable bonds is 2. The lowest BCUT2D eigenvalue weighted by Gasteiger charge is -2.13. The molecule has 0 aromatic rings. The molecule has 1 fully saturated rings. The van der Waals surface area contributed by atoms with Crippen molar-refractivity contribution in [1.82, 2.24) is 5.06 Å². The van der Waals surface area contributed by atoms with Crippen LogP contribution in [0.15, 0.2) is 0 Å². The van der Waals surface area contributed by atoms with Crippen molar-refractivity contribution in [3.63, 3.8) is 0 Å². The Morgan fingerprint density at radius 1 is 1.55 bits per heavy atom. The fourth-order valence-electron chi connectivity index (χ4n) is 0.945. The molecule has 5 nitrogen and oxygen atoms in total. The normalized spacial score (nSPS) is 24.4. The van der Waals surface area contributed by atoms with Crippen LogP contribution in [0.3, 0.4) is 0 Å². The number of nitriles is 1. The van der Waals surface area contributed by atoms with Crippen LogP contribution >= 0.6 is 7.60 Å². The first-order valence-electron chi connectivity index (χ1n) is 3.33. The molecule has 1 N–H and O–H groups in total. The highest BCUT2D eigenvalue weighted by Gasteiger charge is 2.25. The van der Waals surface area contributed by atoms with E-state index in [1.165, 1.54) is 10.9 Å². The predicted octanol–water partition coefficient (Wildman–Crippen LogP) is 0.680. The highest BCUT2D eigenvalue weighted by Crippen LogP contribution is 2.41. The van der Waals surface area contributed by atoms with Gasteiger partial charge in [-0.2, -0.15) is 10.3 Å². The first-order chi connectivity index (χ1) is 5.14. The van der Waals surface area contributed by atoms with Gasteiger partial charge in [0, 0.05) is 13.1 Å². The molecule has 0 aliphatic carbocycles. The molecule has 1 aliphatic heterocycles. The quantitative estimate of drug-likeness (QED) is 0.626. The lowest BCUT2D eigenvalue weighted by atomic mass is 10.4. The van der Waals surface area contributed by atoms with E-state index >= 15 is 0 Å². The van der Waals surface area contributed by atoms with Gasteiger partial charge in [0.15, 0.2) is 5.81 Å². The SMILES string of the molecule is N#CP(=O)(O)ON1CCCC1. The zero-order valence-electron chi connectivity index (χ0n) is 5.93. The largest absolute Gasteiger partial charge is 0.445 e. The van der Waals surface area contributed by atoms with Crippen LogP contribution in [0.5, 0.6) is 0 Å². The second-order valence-electron chi connectivity index (χ2n) is 2.34. The summed E-state index contributed by atoms with van der Waals surface area (Å²) >= 11 is 0. The molecule has 0 bridgehead atoms. The zero-order chi connectivity index (χ0) is 8.32. The van der Waals surface area contributed by atoms with E-state index < -0.39 is 7.60 Å². The van der Waals surface area contributed by atoms with Gasteiger partial charge < -0.3 is 4.89 Å². The third kappa shape index (κ3) is 2.60. The van der Waals surface area contributed by atoms with Crippen LogP contribution in [-0.2, 0) is 9.19 Å². The van der Waals surface area contributed by atoms with Crippen molar-refractivity contribution < 1.29 is 14.1 Å². The average molecular weight is 176 g/mol. The van der Waals surface area contributed by atoms with E-state index in [1.54, 1.807) is 0 Å². The van der Waals surface area contributed by atoms with Crippen molar-refractivity contribution in [2.24, 2.45) is 0 Å². The van der Waals surface area contributed by atoms with Gasteiger partial charge in [-0.3, -0.25) is 0 Å². The number of hydrogen-bond acceptors (Lipinski definition) is 4. The standard InChI is InChI=1S/C5H9N2O3P/c6-5-11(8,9)10-7-3-1-2-4-7/h1-4H2,(H,8,9). The lowest BCUT2D eigenvalue weighted by Crippen LogP contribution is -2.17. The van der Waals surface area contributed by atoms with Crippen molar-refractivity contribution in [2.45, 2.75) is 12.8 Å². The Hall–Kier alpha value is -0.400. The summed E-state index contributed by atoms with van der Waals surface area (Å²) < 4.78 is 15.2. The Labute approximate surface area is 64.7 Å². The monoisotopic (exact) mass is 176 g/mol. The van der Waals surface area contributed by atoms with Gasteiger partial charge >= 0.3 is 7.60 Å². The number of hydroxylamine groups is 2. The Balaban J connectivity index is 2.42. The van der Waals surface area contributed by atoms with Gasteiger partial charge in [0.25, 0.3) is 0 Å². The molecule has 1 rings (SSSR count). The minimum atomic E-state index is -3.99. The van der Waals surface area contributed by atoms with Gasteiger partial charge in [0.1, 0.15) is 0 Å². The predicted molar refractivity (Wildman–Crippen MR) is 37.3 cm³/mol. The smallest absolute Gasteiger partial charge is 0.313 e. The maximum Gasteiger partial charge on any atom is 0.445 e. The van der Waals surface area contributed by atoms with E-state index in [4.69, 9.17) is 10.2 Å². The minimum absolute atomic E-state index is 0.631. The third-order valence-corrected chi connectivity index (χ3v) is 2.12. The van der Waals surface area contributed by atoms with Gasteiger partial charge in [0.05, 0.1) is 0 Å². The maximum atomic E-state index is 10.7. The van der Waals surface area contributed by atoms with Gasteiger partial charge in [0.2, 0.25) is 0 Å². The molecule has 0 radical (unpaired) electrons. The Morgan fingerprint density at radius 3 is 2.55 bits per heavy atom. The van der Waals surface area contributed by atoms with Crippen molar-refractivity contribution in [3.05, 3.63) is 0 Å². The molecule has 1 heterocycles. The summed E-state index contributed by atoms with van der Waals surface area (Å²) in [5.74, 6) is 1.22. The van der Waals surface area contributed by atoms with E-state index in [0.29, 0.717) is 13.1 Å². The summed E-state index contributed by atoms with van der Waals surface area (Å²) in [6, 6.07) is 0. The molecular weight excluding hydrogens is 167 g/mol. The Bertz CT molecular complexity index is 218. The fraction of sp³-hybridized carbons (Fsp3) is 0.800. The molecule has 0 spiro atoms. The molecule has 0 amide bonds. The van der Waals surface area contributed by atoms with Crippen LogP contribution < -0.4 is 0 Å². The molecule has 0 saturated carbocycles. The second kappa shape index (κ2) is 3.33. The van der Waals surface area contributed by atoms with Crippen molar-refractivity contribution in [1.29, 1.82) is 5.26 Å². The zero-order valence-corrected chi connectivity index (χ0v) is 6.83. The molecule has 1 atom stereocenters. The Kier molecular flexibility index (Phi) is 2.63. The summed E-state index contributed by atoms with van der Waals surface area (Å²) in [5.41, 5.74) is 0. The molecule has 62 valence electrons. The minimum Gasteiger partial charge on any atom is -0.313 e. The van der Waals surface area contributed by atoms with Crippen molar-refractivity contribution >= 4 is 7.60 Å². The molecular formula is C5H9N2O3P. The summed E-state index contributed by atoms with van der Waals surface area (Å²) in [4.78, 5) is 8.71. The highest BCUT2D eigenvalue weighted by molar-refractivity contribution is 7.58. The van der Waals surface area contributed by atoms with Crippen LogP contribution in [0.25, 0.3) is 0 Å². The van der Waals surface area contributed by atoms with Gasteiger partial charge in [-0.15, -0.1) is 0 Å². The average Bonchev–Trinajstić information content (AvgIpc) is 2.39. The van der Waals surface area contributed by atoms with Crippen LogP contribution in [0.4, 0.5) is 0 Å². The Morgan fingerprint density at radius 2 is 2.09 bits per heavy atom. The van der Waals surface area contributed by atoms with E-state index in [0.717, 1.165) is 12.8 Å². The number of nitrogens with zero attached hydrogens (tertiary/aromatic N) is 2. The lowest BCUT2D eigenvalue weighted by molar-refractivity contribution is -0.0412. The summed E-state index contributed by atoms with van der Waals surface area (Å²) in [6.45, 7) is 1.26. The van der Waals surface area contributed by atoms with Crippen LogP contribution in [0, 0.1) is 11.1 Å². The van der Waals surface area contributed by atoms with Crippen LogP contribution in [0.1, 0.15) is 12.8 Å². The van der Waals surface area contributed by atoms with Crippen molar-refractivity contribution in [2.75, 3.05) is 13.1 Å². The highest BCUT2D eigenvalue weighted by atomic mass is 31.2. The third-order valence-electron chi connectivity index (χ3n) is 1.42. The van der Waals surface area contributed by atoms with Crippen LogP contribution in [0.2, 0.25) is 0 Å². The van der Waals surface area contributed by atoms with Gasteiger partial charge in [-0.05, 0) is 12.8 Å². The van der Waals surface area contributed by atoms with Gasteiger partial charge in [-0.1, -0.05) is 0 Å². The first kappa shape index (κ1) is 8.69. The topological polar surface area (TPSA) is 73.6 Å². The molecule has 1 saturated heterocycles.